The Morgan fingerprint density at radius 3 is 1.86 bits per heavy atom. The van der Waals surface area contributed by atoms with Crippen molar-refractivity contribution in [1.29, 1.82) is 0 Å². The summed E-state index contributed by atoms with van der Waals surface area (Å²) < 4.78 is 0. The molecule has 0 atom stereocenters. The van der Waals surface area contributed by atoms with Gasteiger partial charge in [-0.15, -0.1) is 0 Å². The van der Waals surface area contributed by atoms with E-state index in [1.165, 1.54) is 25.3 Å². The standard InChI is InChI=1S/C20H16N8/c21-17(13-5-2-1-3-6-13)18(22)14-7-4-8-15(19-25-9-23-10-26-19)16(14)20-27-11-24-12-28-20/h1-12H,21-22H2. The molecule has 4 rings (SSSR count). The van der Waals surface area contributed by atoms with Crippen LogP contribution >= 0.6 is 0 Å². The third-order valence-corrected chi connectivity index (χ3v) is 4.18. The molecule has 2 aromatic heterocycles. The summed E-state index contributed by atoms with van der Waals surface area (Å²) in [6.07, 6.45) is 5.72. The van der Waals surface area contributed by atoms with Crippen LogP contribution in [0.3, 0.4) is 0 Å². The van der Waals surface area contributed by atoms with Gasteiger partial charge < -0.3 is 11.5 Å². The predicted octanol–water partition coefficient (Wildman–Crippen LogP) is 2.13. The maximum atomic E-state index is 6.49. The fraction of sp³-hybridized carbons (Fsp3) is 0. The lowest BCUT2D eigenvalue weighted by Gasteiger charge is -2.15. The van der Waals surface area contributed by atoms with E-state index in [4.69, 9.17) is 11.5 Å². The highest BCUT2D eigenvalue weighted by atomic mass is 15.0. The molecule has 4 N–H and O–H groups in total. The smallest absolute Gasteiger partial charge is 0.164 e. The van der Waals surface area contributed by atoms with Gasteiger partial charge in [-0.1, -0.05) is 48.5 Å². The second-order valence-corrected chi connectivity index (χ2v) is 5.85. The minimum atomic E-state index is 0.414. The third-order valence-electron chi connectivity index (χ3n) is 4.18. The molecule has 0 amide bonds. The van der Waals surface area contributed by atoms with Gasteiger partial charge in [-0.25, -0.2) is 29.9 Å². The van der Waals surface area contributed by atoms with E-state index in [0.29, 0.717) is 34.2 Å². The van der Waals surface area contributed by atoms with Crippen LogP contribution in [0.4, 0.5) is 0 Å². The molecule has 136 valence electrons. The summed E-state index contributed by atoms with van der Waals surface area (Å²) in [5, 5.41) is 0. The van der Waals surface area contributed by atoms with Gasteiger partial charge in [-0.2, -0.15) is 0 Å². The minimum Gasteiger partial charge on any atom is -0.397 e. The van der Waals surface area contributed by atoms with E-state index >= 15 is 0 Å². The fourth-order valence-corrected chi connectivity index (χ4v) is 2.87. The average Bonchev–Trinajstić information content (AvgIpc) is 2.79. The summed E-state index contributed by atoms with van der Waals surface area (Å²) in [5.74, 6) is 0.933. The van der Waals surface area contributed by atoms with Crippen LogP contribution in [0.25, 0.3) is 34.2 Å². The molecule has 0 bridgehead atoms. The minimum absolute atomic E-state index is 0.414. The molecule has 8 heteroatoms. The second-order valence-electron chi connectivity index (χ2n) is 5.85. The number of aromatic nitrogens is 6. The van der Waals surface area contributed by atoms with Gasteiger partial charge in [-0.05, 0) is 5.56 Å². The van der Waals surface area contributed by atoms with Gasteiger partial charge in [0.25, 0.3) is 0 Å². The van der Waals surface area contributed by atoms with Crippen LogP contribution < -0.4 is 11.5 Å². The average molecular weight is 368 g/mol. The summed E-state index contributed by atoms with van der Waals surface area (Å²) in [5.41, 5.74) is 16.6. The molecule has 0 aliphatic rings. The molecule has 2 heterocycles. The molecular formula is C20H16N8. The maximum absolute atomic E-state index is 6.49. The largest absolute Gasteiger partial charge is 0.397 e. The molecule has 8 nitrogen and oxygen atoms in total. The highest BCUT2D eigenvalue weighted by Crippen LogP contribution is 2.34. The molecular weight excluding hydrogens is 352 g/mol. The molecule has 2 aromatic carbocycles. The highest BCUT2D eigenvalue weighted by molar-refractivity contribution is 5.95. The normalized spacial score (nSPS) is 11.7. The van der Waals surface area contributed by atoms with Crippen molar-refractivity contribution in [3.63, 3.8) is 0 Å². The van der Waals surface area contributed by atoms with E-state index < -0.39 is 0 Å². The van der Waals surface area contributed by atoms with E-state index in [9.17, 15) is 0 Å². The van der Waals surface area contributed by atoms with Gasteiger partial charge in [0.05, 0.1) is 11.4 Å². The summed E-state index contributed by atoms with van der Waals surface area (Å²) in [7, 11) is 0. The Hall–Kier alpha value is -4.20. The SMILES string of the molecule is NC(=C(N)c1cccc(-c2ncncn2)c1-c1ncncn1)c1ccccc1. The van der Waals surface area contributed by atoms with E-state index in [1.54, 1.807) is 0 Å². The van der Waals surface area contributed by atoms with E-state index in [-0.39, 0.29) is 0 Å². The van der Waals surface area contributed by atoms with Crippen LogP contribution in [-0.2, 0) is 0 Å². The van der Waals surface area contributed by atoms with Crippen molar-refractivity contribution < 1.29 is 0 Å². The molecule has 0 radical (unpaired) electrons. The molecule has 0 spiro atoms. The molecule has 0 saturated heterocycles. The molecule has 0 unspecified atom stereocenters. The Morgan fingerprint density at radius 2 is 1.21 bits per heavy atom. The predicted molar refractivity (Wildman–Crippen MR) is 106 cm³/mol. The Kier molecular flexibility index (Phi) is 4.67. The lowest BCUT2D eigenvalue weighted by molar-refractivity contribution is 1.04. The van der Waals surface area contributed by atoms with Crippen LogP contribution in [0.5, 0.6) is 0 Å². The number of hydrogen-bond donors (Lipinski definition) is 2. The van der Waals surface area contributed by atoms with Gasteiger partial charge >= 0.3 is 0 Å². The zero-order valence-corrected chi connectivity index (χ0v) is 14.8. The van der Waals surface area contributed by atoms with Gasteiger partial charge in [0.1, 0.15) is 25.3 Å². The van der Waals surface area contributed by atoms with E-state index in [0.717, 1.165) is 11.1 Å². The van der Waals surface area contributed by atoms with E-state index in [2.05, 4.69) is 29.9 Å². The monoisotopic (exact) mass is 368 g/mol. The quantitative estimate of drug-likeness (QED) is 0.524. The molecule has 0 fully saturated rings. The van der Waals surface area contributed by atoms with Crippen molar-refractivity contribution in [2.24, 2.45) is 11.5 Å². The fourth-order valence-electron chi connectivity index (χ4n) is 2.87. The molecule has 28 heavy (non-hydrogen) atoms. The maximum Gasteiger partial charge on any atom is 0.164 e. The topological polar surface area (TPSA) is 129 Å². The third kappa shape index (κ3) is 3.26. The zero-order chi connectivity index (χ0) is 19.3. The first-order valence-electron chi connectivity index (χ1n) is 8.44. The van der Waals surface area contributed by atoms with Gasteiger partial charge in [0, 0.05) is 16.7 Å². The number of benzene rings is 2. The molecule has 0 saturated carbocycles. The molecule has 4 aromatic rings. The van der Waals surface area contributed by atoms with Crippen molar-refractivity contribution >= 4 is 11.4 Å². The second kappa shape index (κ2) is 7.58. The van der Waals surface area contributed by atoms with Crippen LogP contribution in [0.15, 0.2) is 73.8 Å². The Labute approximate surface area is 161 Å². The van der Waals surface area contributed by atoms with Crippen molar-refractivity contribution in [3.8, 4) is 22.8 Å². The van der Waals surface area contributed by atoms with Gasteiger partial charge in [0.15, 0.2) is 11.6 Å². The van der Waals surface area contributed by atoms with Crippen molar-refractivity contribution in [1.82, 2.24) is 29.9 Å². The van der Waals surface area contributed by atoms with Crippen molar-refractivity contribution in [2.75, 3.05) is 0 Å². The summed E-state index contributed by atoms with van der Waals surface area (Å²) in [4.78, 5) is 24.9. The van der Waals surface area contributed by atoms with Crippen molar-refractivity contribution in [2.45, 2.75) is 0 Å². The summed E-state index contributed by atoms with van der Waals surface area (Å²) in [6.45, 7) is 0. The Morgan fingerprint density at radius 1 is 0.607 bits per heavy atom. The lowest BCUT2D eigenvalue weighted by atomic mass is 9.95. The first kappa shape index (κ1) is 17.2. The van der Waals surface area contributed by atoms with Crippen LogP contribution in [-0.4, -0.2) is 29.9 Å². The summed E-state index contributed by atoms with van der Waals surface area (Å²) >= 11 is 0. The zero-order valence-electron chi connectivity index (χ0n) is 14.8. The highest BCUT2D eigenvalue weighted by Gasteiger charge is 2.19. The molecule has 0 aliphatic heterocycles. The van der Waals surface area contributed by atoms with Crippen LogP contribution in [0.2, 0.25) is 0 Å². The number of nitrogens with zero attached hydrogens (tertiary/aromatic N) is 6. The first-order valence-corrected chi connectivity index (χ1v) is 8.44. The Bertz CT molecular complexity index is 1110. The lowest BCUT2D eigenvalue weighted by Crippen LogP contribution is -2.10. The van der Waals surface area contributed by atoms with Gasteiger partial charge in [-0.3, -0.25) is 0 Å². The summed E-state index contributed by atoms with van der Waals surface area (Å²) in [6, 6.07) is 15.2. The Balaban J connectivity index is 1.98. The number of hydrogen-bond acceptors (Lipinski definition) is 8. The molecule has 0 aliphatic carbocycles. The number of nitrogens with two attached hydrogens (primary N) is 2. The van der Waals surface area contributed by atoms with Crippen molar-refractivity contribution in [3.05, 3.63) is 85.0 Å². The van der Waals surface area contributed by atoms with Gasteiger partial charge in [0.2, 0.25) is 0 Å². The van der Waals surface area contributed by atoms with Crippen LogP contribution in [0.1, 0.15) is 11.1 Å². The van der Waals surface area contributed by atoms with E-state index in [1.807, 2.05) is 48.5 Å². The first-order chi connectivity index (χ1) is 13.8. The van der Waals surface area contributed by atoms with Crippen LogP contribution in [0, 0.1) is 0 Å². The number of rotatable bonds is 4.